The highest BCUT2D eigenvalue weighted by Crippen LogP contribution is 2.03. The van der Waals surface area contributed by atoms with Gasteiger partial charge in [0.15, 0.2) is 0 Å². The lowest BCUT2D eigenvalue weighted by atomic mass is 10.2. The molecule has 0 aliphatic heterocycles. The van der Waals surface area contributed by atoms with Crippen molar-refractivity contribution in [1.29, 1.82) is 0 Å². The lowest BCUT2D eigenvalue weighted by Gasteiger charge is -2.12. The van der Waals surface area contributed by atoms with Gasteiger partial charge in [-0.05, 0) is 13.3 Å². The van der Waals surface area contributed by atoms with Gasteiger partial charge in [0.2, 0.25) is 0 Å². The van der Waals surface area contributed by atoms with E-state index < -0.39 is 0 Å². The third-order valence-electron chi connectivity index (χ3n) is 2.95. The predicted molar refractivity (Wildman–Crippen MR) is 85.3 cm³/mol. The van der Waals surface area contributed by atoms with Gasteiger partial charge in [-0.2, -0.15) is 0 Å². The van der Waals surface area contributed by atoms with E-state index in [1.54, 1.807) is 0 Å². The SMILES string of the molecule is CCCCC(C)OCCOCCOCCOCCOCCO. The number of aliphatic hydroxyl groups is 1. The third kappa shape index (κ3) is 17.8. The summed E-state index contributed by atoms with van der Waals surface area (Å²) in [6.45, 7) is 9.20. The number of aliphatic hydroxyl groups excluding tert-OH is 1. The van der Waals surface area contributed by atoms with Gasteiger partial charge in [-0.25, -0.2) is 0 Å². The predicted octanol–water partition coefficient (Wildman–Crippen LogP) is 1.64. The third-order valence-corrected chi connectivity index (χ3v) is 2.95. The molecular weight excluding hydrogens is 288 g/mol. The van der Waals surface area contributed by atoms with Gasteiger partial charge in [0.25, 0.3) is 0 Å². The zero-order valence-corrected chi connectivity index (χ0v) is 14.3. The van der Waals surface area contributed by atoms with E-state index in [2.05, 4.69) is 13.8 Å². The number of rotatable bonds is 18. The topological polar surface area (TPSA) is 66.4 Å². The average Bonchev–Trinajstić information content (AvgIpc) is 2.53. The van der Waals surface area contributed by atoms with Gasteiger partial charge >= 0.3 is 0 Å². The van der Waals surface area contributed by atoms with Crippen molar-refractivity contribution in [1.82, 2.24) is 0 Å². The first-order valence-electron chi connectivity index (χ1n) is 8.34. The minimum Gasteiger partial charge on any atom is -0.394 e. The first-order chi connectivity index (χ1) is 10.8. The monoisotopic (exact) mass is 322 g/mol. The summed E-state index contributed by atoms with van der Waals surface area (Å²) < 4.78 is 26.8. The highest BCUT2D eigenvalue weighted by Gasteiger charge is 2.00. The van der Waals surface area contributed by atoms with Gasteiger partial charge in [-0.15, -0.1) is 0 Å². The normalized spacial score (nSPS) is 12.7. The number of unbranched alkanes of at least 4 members (excludes halogenated alkanes) is 1. The van der Waals surface area contributed by atoms with Gasteiger partial charge < -0.3 is 28.8 Å². The van der Waals surface area contributed by atoms with Gasteiger partial charge in [-0.1, -0.05) is 19.8 Å². The molecule has 134 valence electrons. The molecule has 0 rings (SSSR count). The standard InChI is InChI=1S/C16H34O6/c1-3-4-5-16(2)22-15-14-21-13-12-20-11-10-19-9-8-18-7-6-17/h16-17H,3-15H2,1-2H3. The lowest BCUT2D eigenvalue weighted by Crippen LogP contribution is -2.15. The number of hydrogen-bond donors (Lipinski definition) is 1. The van der Waals surface area contributed by atoms with Gasteiger partial charge in [0.05, 0.1) is 72.2 Å². The van der Waals surface area contributed by atoms with Crippen LogP contribution in [-0.4, -0.2) is 77.3 Å². The fraction of sp³-hybridized carbons (Fsp3) is 1.00. The zero-order chi connectivity index (χ0) is 16.3. The van der Waals surface area contributed by atoms with E-state index in [1.807, 2.05) is 0 Å². The van der Waals surface area contributed by atoms with Crippen molar-refractivity contribution in [3.05, 3.63) is 0 Å². The molecule has 0 bridgehead atoms. The van der Waals surface area contributed by atoms with E-state index in [-0.39, 0.29) is 6.61 Å². The molecule has 0 aliphatic carbocycles. The molecule has 1 atom stereocenters. The molecule has 0 saturated carbocycles. The lowest BCUT2D eigenvalue weighted by molar-refractivity contribution is -0.0223. The molecule has 0 aromatic carbocycles. The summed E-state index contributed by atoms with van der Waals surface area (Å²) in [6.07, 6.45) is 3.86. The molecule has 0 aliphatic rings. The van der Waals surface area contributed by atoms with Crippen molar-refractivity contribution in [3.63, 3.8) is 0 Å². The van der Waals surface area contributed by atoms with Crippen LogP contribution in [-0.2, 0) is 23.7 Å². The maximum absolute atomic E-state index is 8.50. The Morgan fingerprint density at radius 2 is 1.18 bits per heavy atom. The van der Waals surface area contributed by atoms with Crippen molar-refractivity contribution in [2.45, 2.75) is 39.2 Å². The largest absolute Gasteiger partial charge is 0.394 e. The summed E-state index contributed by atoms with van der Waals surface area (Å²) in [7, 11) is 0. The maximum atomic E-state index is 8.50. The molecule has 0 aromatic heterocycles. The summed E-state index contributed by atoms with van der Waals surface area (Å²) >= 11 is 0. The molecule has 0 fully saturated rings. The summed E-state index contributed by atoms with van der Waals surface area (Å²) in [5.74, 6) is 0. The highest BCUT2D eigenvalue weighted by atomic mass is 16.6. The van der Waals surface area contributed by atoms with Crippen LogP contribution in [0.15, 0.2) is 0 Å². The second-order valence-electron chi connectivity index (χ2n) is 5.00. The van der Waals surface area contributed by atoms with Crippen molar-refractivity contribution >= 4 is 0 Å². The van der Waals surface area contributed by atoms with Crippen LogP contribution in [0.2, 0.25) is 0 Å². The van der Waals surface area contributed by atoms with Crippen LogP contribution < -0.4 is 0 Å². The minimum atomic E-state index is 0.0474. The molecule has 0 heterocycles. The van der Waals surface area contributed by atoms with Crippen LogP contribution in [0.25, 0.3) is 0 Å². The Morgan fingerprint density at radius 1 is 0.727 bits per heavy atom. The van der Waals surface area contributed by atoms with E-state index in [9.17, 15) is 0 Å². The Hall–Kier alpha value is -0.240. The second kappa shape index (κ2) is 18.8. The van der Waals surface area contributed by atoms with Crippen molar-refractivity contribution in [2.24, 2.45) is 0 Å². The van der Waals surface area contributed by atoms with E-state index >= 15 is 0 Å². The molecule has 22 heavy (non-hydrogen) atoms. The van der Waals surface area contributed by atoms with E-state index in [0.29, 0.717) is 65.6 Å². The smallest absolute Gasteiger partial charge is 0.0704 e. The van der Waals surface area contributed by atoms with E-state index in [0.717, 1.165) is 6.42 Å². The van der Waals surface area contributed by atoms with Crippen molar-refractivity contribution in [3.8, 4) is 0 Å². The molecule has 1 unspecified atom stereocenters. The Kier molecular flexibility index (Phi) is 18.6. The summed E-state index contributed by atoms with van der Waals surface area (Å²) in [4.78, 5) is 0. The van der Waals surface area contributed by atoms with Crippen LogP contribution in [0, 0.1) is 0 Å². The average molecular weight is 322 g/mol. The van der Waals surface area contributed by atoms with Crippen LogP contribution >= 0.6 is 0 Å². The quantitative estimate of drug-likeness (QED) is 0.387. The van der Waals surface area contributed by atoms with Crippen LogP contribution in [0.5, 0.6) is 0 Å². The first-order valence-corrected chi connectivity index (χ1v) is 8.34. The Labute approximate surface area is 135 Å². The Morgan fingerprint density at radius 3 is 1.64 bits per heavy atom. The summed E-state index contributed by atoms with van der Waals surface area (Å²) in [5.41, 5.74) is 0. The van der Waals surface area contributed by atoms with Gasteiger partial charge in [0, 0.05) is 0 Å². The molecule has 0 amide bonds. The van der Waals surface area contributed by atoms with Crippen molar-refractivity contribution < 1.29 is 28.8 Å². The molecule has 0 spiro atoms. The Bertz CT molecular complexity index is 203. The zero-order valence-electron chi connectivity index (χ0n) is 14.3. The van der Waals surface area contributed by atoms with Crippen LogP contribution in [0.3, 0.4) is 0 Å². The molecule has 0 radical (unpaired) electrons. The second-order valence-corrected chi connectivity index (χ2v) is 5.00. The Balaban J connectivity index is 3.02. The molecule has 0 saturated heterocycles. The molecule has 1 N–H and O–H groups in total. The molecule has 6 heteroatoms. The summed E-state index contributed by atoms with van der Waals surface area (Å²) in [5, 5.41) is 8.50. The fourth-order valence-corrected chi connectivity index (χ4v) is 1.71. The van der Waals surface area contributed by atoms with Gasteiger partial charge in [0.1, 0.15) is 0 Å². The molecular formula is C16H34O6. The van der Waals surface area contributed by atoms with Crippen LogP contribution in [0.4, 0.5) is 0 Å². The minimum absolute atomic E-state index is 0.0474. The van der Waals surface area contributed by atoms with Gasteiger partial charge in [-0.3, -0.25) is 0 Å². The van der Waals surface area contributed by atoms with Crippen LogP contribution in [0.1, 0.15) is 33.1 Å². The number of ether oxygens (including phenoxy) is 5. The molecule has 6 nitrogen and oxygen atoms in total. The number of hydrogen-bond acceptors (Lipinski definition) is 6. The highest BCUT2D eigenvalue weighted by molar-refractivity contribution is 4.49. The van der Waals surface area contributed by atoms with Crippen molar-refractivity contribution in [2.75, 3.05) is 66.1 Å². The summed E-state index contributed by atoms with van der Waals surface area (Å²) in [6, 6.07) is 0. The molecule has 0 aromatic rings. The first kappa shape index (κ1) is 21.8. The van der Waals surface area contributed by atoms with E-state index in [1.165, 1.54) is 12.8 Å². The van der Waals surface area contributed by atoms with E-state index in [4.69, 9.17) is 28.8 Å². The fourth-order valence-electron chi connectivity index (χ4n) is 1.71. The maximum Gasteiger partial charge on any atom is 0.0704 e.